The van der Waals surface area contributed by atoms with E-state index in [0.29, 0.717) is 49.3 Å². The van der Waals surface area contributed by atoms with E-state index in [9.17, 15) is 19.5 Å². The number of anilines is 1. The molecule has 4 aromatic carbocycles. The molecule has 0 aliphatic carbocycles. The third-order valence-electron chi connectivity index (χ3n) is 7.55. The minimum Gasteiger partial charge on any atom is -0.465 e. The maximum Gasteiger partial charge on any atom is 0.411 e. The molecule has 7 nitrogen and oxygen atoms in total. The van der Waals surface area contributed by atoms with Gasteiger partial charge in [0.15, 0.2) is 5.78 Å². The van der Waals surface area contributed by atoms with Crippen molar-refractivity contribution in [3.8, 4) is 0 Å². The van der Waals surface area contributed by atoms with Crippen molar-refractivity contribution in [1.82, 2.24) is 10.6 Å². The highest BCUT2D eigenvalue weighted by Gasteiger charge is 2.28. The Morgan fingerprint density at radius 3 is 1.98 bits per heavy atom. The van der Waals surface area contributed by atoms with E-state index in [2.05, 4.69) is 34.9 Å². The molecule has 0 bridgehead atoms. The van der Waals surface area contributed by atoms with Gasteiger partial charge in [-0.05, 0) is 41.7 Å². The molecule has 0 saturated heterocycles. The number of benzene rings is 4. The number of amides is 2. The molecule has 0 aromatic heterocycles. The molecule has 7 heteroatoms. The lowest BCUT2D eigenvalue weighted by Gasteiger charge is -2.25. The maximum absolute atomic E-state index is 13.7. The molecule has 41 heavy (non-hydrogen) atoms. The zero-order chi connectivity index (χ0) is 28.6. The Labute approximate surface area is 239 Å². The lowest BCUT2D eigenvalue weighted by Crippen LogP contribution is -2.42. The molecule has 208 valence electrons. The number of ketones is 1. The van der Waals surface area contributed by atoms with E-state index < -0.39 is 12.1 Å². The lowest BCUT2D eigenvalue weighted by atomic mass is 9.84. The molecule has 1 atom stereocenters. The van der Waals surface area contributed by atoms with E-state index in [4.69, 9.17) is 0 Å². The van der Waals surface area contributed by atoms with Crippen molar-refractivity contribution in [2.45, 2.75) is 24.8 Å². The molecule has 1 unspecified atom stereocenters. The Morgan fingerprint density at radius 1 is 0.756 bits per heavy atom. The topological polar surface area (TPSA) is 98.7 Å². The molecule has 5 rings (SSSR count). The van der Waals surface area contributed by atoms with Gasteiger partial charge in [-0.25, -0.2) is 4.79 Å². The second-order valence-corrected chi connectivity index (χ2v) is 10.1. The van der Waals surface area contributed by atoms with Crippen molar-refractivity contribution in [2.75, 3.05) is 24.5 Å². The maximum atomic E-state index is 13.7. The summed E-state index contributed by atoms with van der Waals surface area (Å²) in [5, 5.41) is 15.8. The van der Waals surface area contributed by atoms with Crippen LogP contribution in [0.15, 0.2) is 109 Å². The zero-order valence-electron chi connectivity index (χ0n) is 22.7. The van der Waals surface area contributed by atoms with Gasteiger partial charge in [0, 0.05) is 36.7 Å². The third-order valence-corrected chi connectivity index (χ3v) is 7.55. The highest BCUT2D eigenvalue weighted by Crippen LogP contribution is 2.31. The standard InChI is InChI=1S/C34H33N3O4/c38-32(26-15-8-3-9-16-26)30(23-29(24-11-4-1-5-12-24)25-13-6-2-7-14-25)35-20-21-36-33(39)28-17-10-18-31-27(28)19-22-37(31)34(40)41/h1-18,29-30,35H,19-23H2,(H,36,39)(H,40,41). The van der Waals surface area contributed by atoms with Gasteiger partial charge in [0.25, 0.3) is 5.91 Å². The zero-order valence-corrected chi connectivity index (χ0v) is 22.7. The monoisotopic (exact) mass is 547 g/mol. The van der Waals surface area contributed by atoms with Crippen LogP contribution in [0.25, 0.3) is 0 Å². The predicted octanol–water partition coefficient (Wildman–Crippen LogP) is 5.52. The smallest absolute Gasteiger partial charge is 0.411 e. The van der Waals surface area contributed by atoms with Crippen molar-refractivity contribution in [2.24, 2.45) is 0 Å². The summed E-state index contributed by atoms with van der Waals surface area (Å²) in [5.74, 6) is -0.252. The molecule has 0 saturated carbocycles. The first kappa shape index (κ1) is 27.8. The fourth-order valence-corrected chi connectivity index (χ4v) is 5.52. The van der Waals surface area contributed by atoms with Gasteiger partial charge in [0.1, 0.15) is 0 Å². The van der Waals surface area contributed by atoms with Gasteiger partial charge < -0.3 is 15.7 Å². The van der Waals surface area contributed by atoms with E-state index in [0.717, 1.165) is 16.7 Å². The summed E-state index contributed by atoms with van der Waals surface area (Å²) >= 11 is 0. The molecular formula is C34H33N3O4. The molecule has 0 spiro atoms. The fraction of sp³-hybridized carbons (Fsp3) is 0.206. The van der Waals surface area contributed by atoms with E-state index in [1.165, 1.54) is 4.90 Å². The van der Waals surface area contributed by atoms with Crippen LogP contribution in [0, 0.1) is 0 Å². The Kier molecular flexibility index (Phi) is 8.86. The van der Waals surface area contributed by atoms with Crippen LogP contribution < -0.4 is 15.5 Å². The summed E-state index contributed by atoms with van der Waals surface area (Å²) < 4.78 is 0. The molecule has 3 N–H and O–H groups in total. The quantitative estimate of drug-likeness (QED) is 0.170. The number of hydrogen-bond acceptors (Lipinski definition) is 4. The number of rotatable bonds is 11. The van der Waals surface area contributed by atoms with Crippen LogP contribution in [0.4, 0.5) is 10.5 Å². The third kappa shape index (κ3) is 6.53. The average molecular weight is 548 g/mol. The highest BCUT2D eigenvalue weighted by atomic mass is 16.4. The number of hydrogen-bond donors (Lipinski definition) is 3. The Balaban J connectivity index is 1.30. The molecule has 1 heterocycles. The SMILES string of the molecule is O=C(NCCNC(CC(c1ccccc1)c1ccccc1)C(=O)c1ccccc1)c1cccc2c1CCN2C(=O)O. The molecule has 1 aliphatic heterocycles. The summed E-state index contributed by atoms with van der Waals surface area (Å²) in [6.45, 7) is 1.04. The van der Waals surface area contributed by atoms with Gasteiger partial charge in [-0.2, -0.15) is 0 Å². The molecule has 0 fully saturated rings. The summed E-state index contributed by atoms with van der Waals surface area (Å²) in [6, 6.07) is 34.3. The first-order valence-electron chi connectivity index (χ1n) is 13.9. The van der Waals surface area contributed by atoms with Crippen LogP contribution in [0.5, 0.6) is 0 Å². The lowest BCUT2D eigenvalue weighted by molar-refractivity contribution is 0.0934. The normalized spacial score (nSPS) is 13.0. The van der Waals surface area contributed by atoms with Gasteiger partial charge in [-0.15, -0.1) is 0 Å². The van der Waals surface area contributed by atoms with Crippen LogP contribution in [0.3, 0.4) is 0 Å². The molecule has 4 aromatic rings. The number of carbonyl (C=O) groups excluding carboxylic acids is 2. The van der Waals surface area contributed by atoms with Crippen molar-refractivity contribution in [3.63, 3.8) is 0 Å². The minimum absolute atomic E-state index is 0.00115. The van der Waals surface area contributed by atoms with Gasteiger partial charge in [0.2, 0.25) is 0 Å². The molecule has 1 aliphatic rings. The Morgan fingerprint density at radius 2 is 1.37 bits per heavy atom. The molecule has 0 radical (unpaired) electrons. The van der Waals surface area contributed by atoms with Gasteiger partial charge >= 0.3 is 6.09 Å². The van der Waals surface area contributed by atoms with Crippen molar-refractivity contribution in [1.29, 1.82) is 0 Å². The van der Waals surface area contributed by atoms with Crippen LogP contribution in [-0.4, -0.2) is 48.6 Å². The van der Waals surface area contributed by atoms with Gasteiger partial charge in [-0.1, -0.05) is 97.1 Å². The van der Waals surface area contributed by atoms with Crippen molar-refractivity contribution >= 4 is 23.5 Å². The second kappa shape index (κ2) is 13.1. The van der Waals surface area contributed by atoms with E-state index in [1.807, 2.05) is 66.7 Å². The van der Waals surface area contributed by atoms with E-state index >= 15 is 0 Å². The number of nitrogens with zero attached hydrogens (tertiary/aromatic N) is 1. The van der Waals surface area contributed by atoms with Crippen LogP contribution >= 0.6 is 0 Å². The fourth-order valence-electron chi connectivity index (χ4n) is 5.52. The summed E-state index contributed by atoms with van der Waals surface area (Å²) in [4.78, 5) is 39.6. The number of carboxylic acid groups (broad SMARTS) is 1. The van der Waals surface area contributed by atoms with Crippen molar-refractivity contribution < 1.29 is 19.5 Å². The highest BCUT2D eigenvalue weighted by molar-refractivity contribution is 6.01. The molecular weight excluding hydrogens is 514 g/mol. The summed E-state index contributed by atoms with van der Waals surface area (Å²) in [7, 11) is 0. The van der Waals surface area contributed by atoms with Crippen LogP contribution in [0.2, 0.25) is 0 Å². The van der Waals surface area contributed by atoms with Crippen LogP contribution in [-0.2, 0) is 6.42 Å². The number of Topliss-reactive ketones (excluding diaryl/α,β-unsaturated/α-hetero) is 1. The largest absolute Gasteiger partial charge is 0.465 e. The van der Waals surface area contributed by atoms with Crippen LogP contribution in [0.1, 0.15) is 49.7 Å². The van der Waals surface area contributed by atoms with Gasteiger partial charge in [0.05, 0.1) is 11.7 Å². The first-order valence-corrected chi connectivity index (χ1v) is 13.9. The Bertz CT molecular complexity index is 1450. The first-order chi connectivity index (χ1) is 20.0. The summed E-state index contributed by atoms with van der Waals surface area (Å²) in [6.07, 6.45) is 0.0219. The van der Waals surface area contributed by atoms with Crippen molar-refractivity contribution in [3.05, 3.63) is 137 Å². The number of carbonyl (C=O) groups is 3. The van der Waals surface area contributed by atoms with Gasteiger partial charge in [-0.3, -0.25) is 14.5 Å². The summed E-state index contributed by atoms with van der Waals surface area (Å²) in [5.41, 5.74) is 4.69. The predicted molar refractivity (Wildman–Crippen MR) is 160 cm³/mol. The molecule has 2 amide bonds. The van der Waals surface area contributed by atoms with E-state index in [1.54, 1.807) is 18.2 Å². The number of nitrogens with one attached hydrogen (secondary N) is 2. The Hall–Kier alpha value is -4.75. The minimum atomic E-state index is -1.02. The average Bonchev–Trinajstić information content (AvgIpc) is 3.46. The number of fused-ring (bicyclic) bond motifs is 1. The second-order valence-electron chi connectivity index (χ2n) is 10.1. The van der Waals surface area contributed by atoms with E-state index in [-0.39, 0.29) is 17.6 Å².